The molecular formula is C19H16N4O3. The fraction of sp³-hybridized carbons (Fsp3) is 0.105. The lowest BCUT2D eigenvalue weighted by Gasteiger charge is -2.06. The maximum atomic E-state index is 12.3. The van der Waals surface area contributed by atoms with Gasteiger partial charge in [0.2, 0.25) is 0 Å². The first-order chi connectivity index (χ1) is 12.7. The molecule has 1 amide bonds. The number of anilines is 1. The molecule has 0 unspecified atom stereocenters. The van der Waals surface area contributed by atoms with Gasteiger partial charge in [0.15, 0.2) is 5.76 Å². The molecule has 7 nitrogen and oxygen atoms in total. The SMILES string of the molecule is Cc1cc(CO)oc1C(=O)Nc1ccc(-n2cnc3ccccc32)nc1. The van der Waals surface area contributed by atoms with E-state index in [0.29, 0.717) is 22.8 Å². The lowest BCUT2D eigenvalue weighted by atomic mass is 10.2. The monoisotopic (exact) mass is 348 g/mol. The molecule has 0 spiro atoms. The summed E-state index contributed by atoms with van der Waals surface area (Å²) in [6.07, 6.45) is 3.29. The normalized spacial score (nSPS) is 11.0. The van der Waals surface area contributed by atoms with Crippen LogP contribution >= 0.6 is 0 Å². The summed E-state index contributed by atoms with van der Waals surface area (Å²) in [5.41, 5.74) is 3.06. The molecule has 0 aliphatic carbocycles. The lowest BCUT2D eigenvalue weighted by molar-refractivity contribution is 0.0991. The molecule has 3 aromatic heterocycles. The van der Waals surface area contributed by atoms with Crippen molar-refractivity contribution in [2.45, 2.75) is 13.5 Å². The second-order valence-electron chi connectivity index (χ2n) is 5.85. The predicted molar refractivity (Wildman–Crippen MR) is 96.2 cm³/mol. The number of hydrogen-bond acceptors (Lipinski definition) is 5. The van der Waals surface area contributed by atoms with Crippen molar-refractivity contribution in [1.29, 1.82) is 0 Å². The van der Waals surface area contributed by atoms with Gasteiger partial charge in [-0.2, -0.15) is 0 Å². The average Bonchev–Trinajstić information content (AvgIpc) is 3.26. The number of aliphatic hydroxyl groups excluding tert-OH is 1. The van der Waals surface area contributed by atoms with Gasteiger partial charge in [-0.3, -0.25) is 9.36 Å². The molecule has 0 aliphatic heterocycles. The number of amides is 1. The Kier molecular flexibility index (Phi) is 3.98. The number of aryl methyl sites for hydroxylation is 1. The first-order valence-corrected chi connectivity index (χ1v) is 8.06. The number of nitrogens with zero attached hydrogens (tertiary/aromatic N) is 3. The van der Waals surface area contributed by atoms with Crippen molar-refractivity contribution in [1.82, 2.24) is 14.5 Å². The molecule has 0 radical (unpaired) electrons. The molecule has 0 bridgehead atoms. The summed E-state index contributed by atoms with van der Waals surface area (Å²) in [6, 6.07) is 13.0. The van der Waals surface area contributed by atoms with Crippen LogP contribution in [0.3, 0.4) is 0 Å². The maximum Gasteiger partial charge on any atom is 0.291 e. The maximum absolute atomic E-state index is 12.3. The minimum absolute atomic E-state index is 0.179. The number of hydrogen-bond donors (Lipinski definition) is 2. The van der Waals surface area contributed by atoms with Gasteiger partial charge in [0.05, 0.1) is 22.9 Å². The Labute approximate surface area is 148 Å². The Morgan fingerprint density at radius 3 is 2.81 bits per heavy atom. The van der Waals surface area contributed by atoms with Gasteiger partial charge >= 0.3 is 0 Å². The van der Waals surface area contributed by atoms with Crippen LogP contribution in [0.4, 0.5) is 5.69 Å². The highest BCUT2D eigenvalue weighted by atomic mass is 16.4. The van der Waals surface area contributed by atoms with E-state index >= 15 is 0 Å². The molecule has 0 aliphatic rings. The van der Waals surface area contributed by atoms with Gasteiger partial charge in [0.1, 0.15) is 24.5 Å². The number of para-hydroxylation sites is 2. The summed E-state index contributed by atoms with van der Waals surface area (Å²) in [5.74, 6) is 0.852. The molecule has 4 rings (SSSR count). The fourth-order valence-electron chi connectivity index (χ4n) is 2.78. The predicted octanol–water partition coefficient (Wildman–Crippen LogP) is 3.07. The zero-order valence-electron chi connectivity index (χ0n) is 14.0. The van der Waals surface area contributed by atoms with Crippen LogP contribution in [0.25, 0.3) is 16.9 Å². The van der Waals surface area contributed by atoms with Crippen molar-refractivity contribution in [3.8, 4) is 5.82 Å². The zero-order chi connectivity index (χ0) is 18.1. The van der Waals surface area contributed by atoms with Crippen molar-refractivity contribution >= 4 is 22.6 Å². The molecule has 7 heteroatoms. The number of benzene rings is 1. The number of carbonyl (C=O) groups is 1. The zero-order valence-corrected chi connectivity index (χ0v) is 14.0. The number of imidazole rings is 1. The summed E-state index contributed by atoms with van der Waals surface area (Å²) in [7, 11) is 0. The summed E-state index contributed by atoms with van der Waals surface area (Å²) >= 11 is 0. The summed E-state index contributed by atoms with van der Waals surface area (Å²) < 4.78 is 7.21. The number of furan rings is 1. The van der Waals surface area contributed by atoms with Gasteiger partial charge in [0.25, 0.3) is 5.91 Å². The van der Waals surface area contributed by atoms with E-state index < -0.39 is 0 Å². The van der Waals surface area contributed by atoms with Crippen LogP contribution in [0.15, 0.2) is 59.4 Å². The fourth-order valence-corrected chi connectivity index (χ4v) is 2.78. The van der Waals surface area contributed by atoms with Crippen LogP contribution in [0.2, 0.25) is 0 Å². The van der Waals surface area contributed by atoms with E-state index in [-0.39, 0.29) is 18.3 Å². The molecule has 3 heterocycles. The van der Waals surface area contributed by atoms with E-state index in [1.165, 1.54) is 0 Å². The Balaban J connectivity index is 1.56. The molecule has 0 atom stereocenters. The number of rotatable bonds is 4. The van der Waals surface area contributed by atoms with Crippen LogP contribution in [-0.4, -0.2) is 25.5 Å². The second-order valence-corrected chi connectivity index (χ2v) is 5.85. The Hall–Kier alpha value is -3.45. The highest BCUT2D eigenvalue weighted by molar-refractivity contribution is 6.03. The Bertz CT molecular complexity index is 1080. The molecule has 2 N–H and O–H groups in total. The van der Waals surface area contributed by atoms with E-state index in [1.54, 1.807) is 37.6 Å². The van der Waals surface area contributed by atoms with Gasteiger partial charge < -0.3 is 14.8 Å². The van der Waals surface area contributed by atoms with Crippen LogP contribution in [0.5, 0.6) is 0 Å². The van der Waals surface area contributed by atoms with E-state index in [1.807, 2.05) is 28.8 Å². The molecular weight excluding hydrogens is 332 g/mol. The van der Waals surface area contributed by atoms with Crippen LogP contribution < -0.4 is 5.32 Å². The van der Waals surface area contributed by atoms with E-state index in [0.717, 1.165) is 11.0 Å². The summed E-state index contributed by atoms with van der Waals surface area (Å²) in [4.78, 5) is 21.1. The van der Waals surface area contributed by atoms with Crippen molar-refractivity contribution in [3.63, 3.8) is 0 Å². The molecule has 1 aromatic carbocycles. The number of carbonyl (C=O) groups excluding carboxylic acids is 1. The highest BCUT2D eigenvalue weighted by Gasteiger charge is 2.16. The largest absolute Gasteiger partial charge is 0.453 e. The molecule has 0 fully saturated rings. The van der Waals surface area contributed by atoms with Gasteiger partial charge in [0, 0.05) is 5.56 Å². The number of aromatic nitrogens is 3. The Morgan fingerprint density at radius 1 is 1.23 bits per heavy atom. The quantitative estimate of drug-likeness (QED) is 0.591. The number of aliphatic hydroxyl groups is 1. The Morgan fingerprint density at radius 2 is 2.08 bits per heavy atom. The smallest absolute Gasteiger partial charge is 0.291 e. The number of nitrogens with one attached hydrogen (secondary N) is 1. The van der Waals surface area contributed by atoms with Crippen molar-refractivity contribution in [2.75, 3.05) is 5.32 Å². The van der Waals surface area contributed by atoms with E-state index in [2.05, 4.69) is 15.3 Å². The average molecular weight is 348 g/mol. The third-order valence-corrected chi connectivity index (χ3v) is 4.04. The third kappa shape index (κ3) is 2.84. The van der Waals surface area contributed by atoms with Crippen molar-refractivity contribution in [2.24, 2.45) is 0 Å². The topological polar surface area (TPSA) is 93.2 Å². The van der Waals surface area contributed by atoms with Crippen LogP contribution in [0, 0.1) is 6.92 Å². The highest BCUT2D eigenvalue weighted by Crippen LogP contribution is 2.19. The van der Waals surface area contributed by atoms with Gasteiger partial charge in [-0.25, -0.2) is 9.97 Å². The number of fused-ring (bicyclic) bond motifs is 1. The first kappa shape index (κ1) is 16.0. The summed E-state index contributed by atoms with van der Waals surface area (Å²) in [6.45, 7) is 1.51. The van der Waals surface area contributed by atoms with Gasteiger partial charge in [-0.1, -0.05) is 12.1 Å². The standard InChI is InChI=1S/C19H16N4O3/c1-12-8-14(10-24)26-18(12)19(25)22-13-6-7-17(20-9-13)23-11-21-15-4-2-3-5-16(15)23/h2-9,11,24H,10H2,1H3,(H,22,25). The number of pyridine rings is 1. The molecule has 0 saturated carbocycles. The molecule has 4 aromatic rings. The molecule has 26 heavy (non-hydrogen) atoms. The van der Waals surface area contributed by atoms with Gasteiger partial charge in [-0.15, -0.1) is 0 Å². The van der Waals surface area contributed by atoms with Crippen molar-refractivity contribution in [3.05, 3.63) is 72.1 Å². The third-order valence-electron chi connectivity index (χ3n) is 4.04. The summed E-state index contributed by atoms with van der Waals surface area (Å²) in [5, 5.41) is 11.8. The van der Waals surface area contributed by atoms with E-state index in [9.17, 15) is 4.79 Å². The second kappa shape index (κ2) is 6.45. The lowest BCUT2D eigenvalue weighted by Crippen LogP contribution is -2.12. The van der Waals surface area contributed by atoms with Crippen molar-refractivity contribution < 1.29 is 14.3 Å². The molecule has 130 valence electrons. The minimum Gasteiger partial charge on any atom is -0.453 e. The minimum atomic E-state index is -0.384. The first-order valence-electron chi connectivity index (χ1n) is 8.06. The van der Waals surface area contributed by atoms with Gasteiger partial charge in [-0.05, 0) is 37.3 Å². The van der Waals surface area contributed by atoms with Crippen LogP contribution in [0.1, 0.15) is 21.9 Å². The molecule has 0 saturated heterocycles. The van der Waals surface area contributed by atoms with Crippen LogP contribution in [-0.2, 0) is 6.61 Å². The van der Waals surface area contributed by atoms with E-state index in [4.69, 9.17) is 9.52 Å².